The molecule has 0 fully saturated rings. The molecule has 3 nitrogen and oxygen atoms in total. The summed E-state index contributed by atoms with van der Waals surface area (Å²) in [6.07, 6.45) is 3.97. The largest absolute Gasteiger partial charge is 0.366 e. The lowest BCUT2D eigenvalue weighted by atomic mass is 9.98. The van der Waals surface area contributed by atoms with Crippen molar-refractivity contribution in [3.8, 4) is 11.1 Å². The second kappa shape index (κ2) is 7.44. The van der Waals surface area contributed by atoms with Gasteiger partial charge in [0, 0.05) is 23.5 Å². The number of rotatable bonds is 7. The van der Waals surface area contributed by atoms with Gasteiger partial charge in [-0.25, -0.2) is 4.39 Å². The molecular weight excluding hydrogens is 291 g/mol. The normalized spacial score (nSPS) is 11.0. The van der Waals surface area contributed by atoms with Gasteiger partial charge in [0.05, 0.1) is 5.56 Å². The summed E-state index contributed by atoms with van der Waals surface area (Å²) in [6, 6.07) is 6.29. The third-order valence-electron chi connectivity index (χ3n) is 4.23. The van der Waals surface area contributed by atoms with Crippen LogP contribution < -0.4 is 5.73 Å². The number of halogens is 1. The first kappa shape index (κ1) is 17.3. The zero-order valence-electron chi connectivity index (χ0n) is 14.2. The van der Waals surface area contributed by atoms with E-state index in [1.807, 2.05) is 6.92 Å². The van der Waals surface area contributed by atoms with E-state index in [-0.39, 0.29) is 5.82 Å². The van der Waals surface area contributed by atoms with Crippen LogP contribution in [0.25, 0.3) is 11.1 Å². The van der Waals surface area contributed by atoms with Crippen LogP contribution in [0.2, 0.25) is 0 Å². The van der Waals surface area contributed by atoms with Gasteiger partial charge in [0.1, 0.15) is 5.82 Å². The molecule has 1 aromatic carbocycles. The molecule has 23 heavy (non-hydrogen) atoms. The standard InChI is InChI=1S/C19H25FN2O/c1-4-6-12-22-13(3)17(19(21)23)18(16(22)7-5-2)14-8-10-15(20)11-9-14/h8-11H,4-7,12H2,1-3H3,(H2,21,23). The average molecular weight is 316 g/mol. The molecule has 0 aliphatic rings. The molecule has 0 aliphatic heterocycles. The molecule has 0 saturated carbocycles. The maximum Gasteiger partial charge on any atom is 0.251 e. The predicted octanol–water partition coefficient (Wildman–Crippen LogP) is 4.45. The van der Waals surface area contributed by atoms with E-state index in [1.165, 1.54) is 12.1 Å². The lowest BCUT2D eigenvalue weighted by molar-refractivity contribution is 0.1000. The first-order valence-corrected chi connectivity index (χ1v) is 8.28. The molecular formula is C19H25FN2O. The number of nitrogens with two attached hydrogens (primary N) is 1. The Balaban J connectivity index is 2.70. The first-order chi connectivity index (χ1) is 11.0. The second-order valence-corrected chi connectivity index (χ2v) is 5.91. The summed E-state index contributed by atoms with van der Waals surface area (Å²) in [5.74, 6) is -0.706. The zero-order valence-corrected chi connectivity index (χ0v) is 14.2. The van der Waals surface area contributed by atoms with E-state index in [4.69, 9.17) is 5.73 Å². The monoisotopic (exact) mass is 316 g/mol. The minimum absolute atomic E-state index is 0.284. The summed E-state index contributed by atoms with van der Waals surface area (Å²) in [5, 5.41) is 0. The highest BCUT2D eigenvalue weighted by Gasteiger charge is 2.24. The summed E-state index contributed by atoms with van der Waals surface area (Å²) in [5.41, 5.74) is 9.98. The molecule has 0 bridgehead atoms. The predicted molar refractivity (Wildman–Crippen MR) is 92.0 cm³/mol. The lowest BCUT2D eigenvalue weighted by Gasteiger charge is -2.12. The van der Waals surface area contributed by atoms with Crippen molar-refractivity contribution in [2.24, 2.45) is 5.73 Å². The number of hydrogen-bond donors (Lipinski definition) is 1. The molecule has 2 aromatic rings. The Labute approximate surface area is 137 Å². The van der Waals surface area contributed by atoms with Crippen molar-refractivity contribution >= 4 is 5.91 Å². The number of nitrogens with zero attached hydrogens (tertiary/aromatic N) is 1. The molecule has 124 valence electrons. The highest BCUT2D eigenvalue weighted by atomic mass is 19.1. The molecule has 0 radical (unpaired) electrons. The SMILES string of the molecule is CCCCn1c(C)c(C(N)=O)c(-c2ccc(F)cc2)c1CCC. The molecule has 0 spiro atoms. The molecule has 2 rings (SSSR count). The van der Waals surface area contributed by atoms with Crippen molar-refractivity contribution < 1.29 is 9.18 Å². The van der Waals surface area contributed by atoms with Crippen LogP contribution >= 0.6 is 0 Å². The maximum atomic E-state index is 13.3. The number of carbonyl (C=O) groups is 1. The summed E-state index contributed by atoms with van der Waals surface area (Å²) in [6.45, 7) is 7.08. The Morgan fingerprint density at radius 3 is 2.35 bits per heavy atom. The summed E-state index contributed by atoms with van der Waals surface area (Å²) in [4.78, 5) is 12.1. The van der Waals surface area contributed by atoms with E-state index >= 15 is 0 Å². The van der Waals surface area contributed by atoms with Crippen molar-refractivity contribution in [3.05, 3.63) is 47.0 Å². The third-order valence-corrected chi connectivity index (χ3v) is 4.23. The van der Waals surface area contributed by atoms with E-state index in [0.29, 0.717) is 5.56 Å². The summed E-state index contributed by atoms with van der Waals surface area (Å²) < 4.78 is 15.5. The quantitative estimate of drug-likeness (QED) is 0.806. The van der Waals surface area contributed by atoms with Crippen molar-refractivity contribution in [2.75, 3.05) is 0 Å². The fourth-order valence-electron chi connectivity index (χ4n) is 3.14. The van der Waals surface area contributed by atoms with Gasteiger partial charge in [-0.1, -0.05) is 38.8 Å². The average Bonchev–Trinajstić information content (AvgIpc) is 2.79. The van der Waals surface area contributed by atoms with Gasteiger partial charge in [0.25, 0.3) is 5.91 Å². The smallest absolute Gasteiger partial charge is 0.251 e. The number of unbranched alkanes of at least 4 members (excludes halogenated alkanes) is 1. The van der Waals surface area contributed by atoms with Crippen LogP contribution in [0, 0.1) is 12.7 Å². The number of hydrogen-bond acceptors (Lipinski definition) is 1. The second-order valence-electron chi connectivity index (χ2n) is 5.91. The van der Waals surface area contributed by atoms with Crippen molar-refractivity contribution in [1.82, 2.24) is 4.57 Å². The van der Waals surface area contributed by atoms with Crippen molar-refractivity contribution in [2.45, 2.75) is 53.0 Å². The van der Waals surface area contributed by atoms with Gasteiger partial charge in [-0.15, -0.1) is 0 Å². The van der Waals surface area contributed by atoms with Gasteiger partial charge < -0.3 is 10.3 Å². The number of benzene rings is 1. The fraction of sp³-hybridized carbons (Fsp3) is 0.421. The lowest BCUT2D eigenvalue weighted by Crippen LogP contribution is -2.13. The van der Waals surface area contributed by atoms with Gasteiger partial charge in [-0.3, -0.25) is 4.79 Å². The molecule has 4 heteroatoms. The van der Waals surface area contributed by atoms with Crippen LogP contribution in [-0.2, 0) is 13.0 Å². The van der Waals surface area contributed by atoms with Crippen LogP contribution in [0.3, 0.4) is 0 Å². The molecule has 2 N–H and O–H groups in total. The molecule has 1 aromatic heterocycles. The minimum atomic E-state index is -0.422. The number of carbonyl (C=O) groups excluding carboxylic acids is 1. The molecule has 1 heterocycles. The minimum Gasteiger partial charge on any atom is -0.366 e. The molecule has 0 aliphatic carbocycles. The summed E-state index contributed by atoms with van der Waals surface area (Å²) >= 11 is 0. The third kappa shape index (κ3) is 3.46. The Hall–Kier alpha value is -2.10. The molecule has 0 saturated heterocycles. The Bertz CT molecular complexity index is 686. The van der Waals surface area contributed by atoms with Crippen LogP contribution in [0.4, 0.5) is 4.39 Å². The Morgan fingerprint density at radius 2 is 1.83 bits per heavy atom. The van der Waals surface area contributed by atoms with Crippen LogP contribution in [-0.4, -0.2) is 10.5 Å². The highest BCUT2D eigenvalue weighted by Crippen LogP contribution is 2.34. The molecule has 0 unspecified atom stereocenters. The zero-order chi connectivity index (χ0) is 17.0. The first-order valence-electron chi connectivity index (χ1n) is 8.28. The van der Waals surface area contributed by atoms with Gasteiger partial charge in [-0.05, 0) is 37.5 Å². The molecule has 1 amide bonds. The fourth-order valence-corrected chi connectivity index (χ4v) is 3.14. The van der Waals surface area contributed by atoms with Crippen LogP contribution in [0.15, 0.2) is 24.3 Å². The number of primary amides is 1. The number of amides is 1. The Kier molecular flexibility index (Phi) is 5.59. The topological polar surface area (TPSA) is 48.0 Å². The van der Waals surface area contributed by atoms with Crippen molar-refractivity contribution in [1.29, 1.82) is 0 Å². The number of aromatic nitrogens is 1. The van der Waals surface area contributed by atoms with Gasteiger partial charge in [0.15, 0.2) is 0 Å². The Morgan fingerprint density at radius 1 is 1.17 bits per heavy atom. The maximum absolute atomic E-state index is 13.3. The summed E-state index contributed by atoms with van der Waals surface area (Å²) in [7, 11) is 0. The van der Waals surface area contributed by atoms with Crippen molar-refractivity contribution in [3.63, 3.8) is 0 Å². The van der Waals surface area contributed by atoms with Crippen LogP contribution in [0.1, 0.15) is 54.9 Å². The highest BCUT2D eigenvalue weighted by molar-refractivity contribution is 6.02. The van der Waals surface area contributed by atoms with Gasteiger partial charge in [0.2, 0.25) is 0 Å². The van der Waals surface area contributed by atoms with Crippen LogP contribution in [0.5, 0.6) is 0 Å². The van der Waals surface area contributed by atoms with E-state index < -0.39 is 5.91 Å². The molecule has 0 atom stereocenters. The van der Waals surface area contributed by atoms with E-state index in [2.05, 4.69) is 18.4 Å². The van der Waals surface area contributed by atoms with E-state index in [0.717, 1.165) is 54.7 Å². The van der Waals surface area contributed by atoms with Gasteiger partial charge in [-0.2, -0.15) is 0 Å². The van der Waals surface area contributed by atoms with E-state index in [9.17, 15) is 9.18 Å². The van der Waals surface area contributed by atoms with Gasteiger partial charge >= 0.3 is 0 Å². The van der Waals surface area contributed by atoms with E-state index in [1.54, 1.807) is 12.1 Å².